The largest absolute Gasteiger partial charge is 0.310 e. The highest BCUT2D eigenvalue weighted by atomic mass is 32.1. The number of carbonyl (C=O) groups excluding carboxylic acids is 1. The van der Waals surface area contributed by atoms with Crippen molar-refractivity contribution < 1.29 is 9.18 Å². The van der Waals surface area contributed by atoms with Crippen LogP contribution in [0.15, 0.2) is 35.7 Å². The van der Waals surface area contributed by atoms with Gasteiger partial charge in [-0.25, -0.2) is 9.37 Å². The number of nitrogens with zero attached hydrogens (tertiary/aromatic N) is 3. The lowest BCUT2D eigenvalue weighted by Gasteiger charge is -2.08. The molecule has 0 aliphatic carbocycles. The standard InChI is InChI=1S/C17H17FN4OS/c1-10(2)16(23)20-15-8-11(3)21-22(15)17-19-14(9-24-17)12-4-6-13(18)7-5-12/h4-10H,1-3H3,(H,20,23). The molecule has 0 fully saturated rings. The number of rotatable bonds is 4. The maximum atomic E-state index is 13.0. The third-order valence-electron chi connectivity index (χ3n) is 3.42. The van der Waals surface area contributed by atoms with E-state index >= 15 is 0 Å². The second-order valence-corrected chi connectivity index (χ2v) is 6.59. The van der Waals surface area contributed by atoms with Crippen molar-refractivity contribution in [1.29, 1.82) is 0 Å². The molecule has 0 radical (unpaired) electrons. The molecular formula is C17H17FN4OS. The van der Waals surface area contributed by atoms with Crippen molar-refractivity contribution in [2.45, 2.75) is 20.8 Å². The van der Waals surface area contributed by atoms with Gasteiger partial charge < -0.3 is 5.32 Å². The monoisotopic (exact) mass is 344 g/mol. The zero-order valence-electron chi connectivity index (χ0n) is 13.6. The van der Waals surface area contributed by atoms with E-state index in [9.17, 15) is 9.18 Å². The van der Waals surface area contributed by atoms with Gasteiger partial charge in [0.2, 0.25) is 11.0 Å². The lowest BCUT2D eigenvalue weighted by atomic mass is 10.2. The summed E-state index contributed by atoms with van der Waals surface area (Å²) in [5.74, 6) is 0.105. The van der Waals surface area contributed by atoms with Crippen LogP contribution in [0.3, 0.4) is 0 Å². The first-order valence-corrected chi connectivity index (χ1v) is 8.41. The highest BCUT2D eigenvalue weighted by molar-refractivity contribution is 7.12. The highest BCUT2D eigenvalue weighted by Gasteiger charge is 2.15. The van der Waals surface area contributed by atoms with Crippen molar-refractivity contribution in [3.63, 3.8) is 0 Å². The Kier molecular flexibility index (Phi) is 4.44. The molecule has 0 saturated carbocycles. The van der Waals surface area contributed by atoms with Gasteiger partial charge in [-0.15, -0.1) is 11.3 Å². The molecule has 0 unspecified atom stereocenters. The smallest absolute Gasteiger partial charge is 0.228 e. The summed E-state index contributed by atoms with van der Waals surface area (Å²) >= 11 is 1.41. The number of benzene rings is 1. The van der Waals surface area contributed by atoms with Crippen molar-refractivity contribution in [1.82, 2.24) is 14.8 Å². The lowest BCUT2D eigenvalue weighted by molar-refractivity contribution is -0.118. The van der Waals surface area contributed by atoms with E-state index < -0.39 is 0 Å². The van der Waals surface area contributed by atoms with Crippen molar-refractivity contribution >= 4 is 23.1 Å². The summed E-state index contributed by atoms with van der Waals surface area (Å²) in [6.45, 7) is 5.52. The fourth-order valence-electron chi connectivity index (χ4n) is 2.12. The third kappa shape index (κ3) is 3.35. The maximum absolute atomic E-state index is 13.0. The van der Waals surface area contributed by atoms with Crippen LogP contribution in [0, 0.1) is 18.7 Å². The molecule has 124 valence electrons. The third-order valence-corrected chi connectivity index (χ3v) is 4.24. The summed E-state index contributed by atoms with van der Waals surface area (Å²) in [5, 5.41) is 9.79. The van der Waals surface area contributed by atoms with Gasteiger partial charge in [-0.2, -0.15) is 9.78 Å². The topological polar surface area (TPSA) is 59.8 Å². The molecule has 7 heteroatoms. The normalized spacial score (nSPS) is 11.0. The van der Waals surface area contributed by atoms with Crippen LogP contribution in [0.2, 0.25) is 0 Å². The van der Waals surface area contributed by atoms with E-state index in [1.54, 1.807) is 22.9 Å². The number of carbonyl (C=O) groups is 1. The van der Waals surface area contributed by atoms with Crippen LogP contribution in [0.25, 0.3) is 16.4 Å². The molecule has 0 aliphatic rings. The predicted octanol–water partition coefficient (Wildman–Crippen LogP) is 4.04. The van der Waals surface area contributed by atoms with Gasteiger partial charge in [0.15, 0.2) is 0 Å². The second-order valence-electron chi connectivity index (χ2n) is 5.75. The van der Waals surface area contributed by atoms with Crippen LogP contribution >= 0.6 is 11.3 Å². The van der Waals surface area contributed by atoms with Gasteiger partial charge in [-0.05, 0) is 31.2 Å². The first-order chi connectivity index (χ1) is 11.4. The average Bonchev–Trinajstić information content (AvgIpc) is 3.14. The van der Waals surface area contributed by atoms with Crippen molar-refractivity contribution in [3.05, 3.63) is 47.2 Å². The van der Waals surface area contributed by atoms with Crippen molar-refractivity contribution in [2.75, 3.05) is 5.32 Å². The zero-order chi connectivity index (χ0) is 17.3. The van der Waals surface area contributed by atoms with Crippen LogP contribution in [0.1, 0.15) is 19.5 Å². The molecule has 3 rings (SSSR count). The van der Waals surface area contributed by atoms with Crippen LogP contribution < -0.4 is 5.32 Å². The summed E-state index contributed by atoms with van der Waals surface area (Å²) in [5.41, 5.74) is 2.35. The second kappa shape index (κ2) is 6.52. The van der Waals surface area contributed by atoms with E-state index in [4.69, 9.17) is 0 Å². The average molecular weight is 344 g/mol. The van der Waals surface area contributed by atoms with Crippen LogP contribution in [0.5, 0.6) is 0 Å². The molecule has 0 saturated heterocycles. The van der Waals surface area contributed by atoms with E-state index in [-0.39, 0.29) is 17.6 Å². The molecule has 0 aliphatic heterocycles. The summed E-state index contributed by atoms with van der Waals surface area (Å²) in [6.07, 6.45) is 0. The molecule has 0 atom stereocenters. The number of hydrogen-bond donors (Lipinski definition) is 1. The van der Waals surface area contributed by atoms with Crippen LogP contribution in [-0.4, -0.2) is 20.7 Å². The highest BCUT2D eigenvalue weighted by Crippen LogP contribution is 2.26. The molecule has 2 heterocycles. The summed E-state index contributed by atoms with van der Waals surface area (Å²) < 4.78 is 14.7. The fourth-order valence-corrected chi connectivity index (χ4v) is 2.92. The molecule has 0 spiro atoms. The van der Waals surface area contributed by atoms with Gasteiger partial charge in [0.1, 0.15) is 11.6 Å². The van der Waals surface area contributed by atoms with Gasteiger partial charge in [-0.3, -0.25) is 4.79 Å². The Balaban J connectivity index is 1.93. The molecule has 3 aromatic rings. The number of aromatic nitrogens is 3. The minimum Gasteiger partial charge on any atom is -0.310 e. The Hall–Kier alpha value is -2.54. The number of anilines is 1. The van der Waals surface area contributed by atoms with Gasteiger partial charge in [-0.1, -0.05) is 13.8 Å². The first kappa shape index (κ1) is 16.3. The van der Waals surface area contributed by atoms with Gasteiger partial charge >= 0.3 is 0 Å². The van der Waals surface area contributed by atoms with Crippen LogP contribution in [0.4, 0.5) is 10.2 Å². The number of amides is 1. The molecule has 5 nitrogen and oxygen atoms in total. The SMILES string of the molecule is Cc1cc(NC(=O)C(C)C)n(-c2nc(-c3ccc(F)cc3)cs2)n1. The van der Waals surface area contributed by atoms with Gasteiger partial charge in [0, 0.05) is 22.9 Å². The molecule has 1 N–H and O–H groups in total. The Morgan fingerprint density at radius 2 is 2.00 bits per heavy atom. The fraction of sp³-hybridized carbons (Fsp3) is 0.235. The molecule has 0 bridgehead atoms. The Labute approximate surface area is 143 Å². The van der Waals surface area contributed by atoms with Crippen molar-refractivity contribution in [2.24, 2.45) is 5.92 Å². The van der Waals surface area contributed by atoms with E-state index in [0.717, 1.165) is 17.0 Å². The molecule has 1 amide bonds. The predicted molar refractivity (Wildman–Crippen MR) is 92.8 cm³/mol. The summed E-state index contributed by atoms with van der Waals surface area (Å²) in [4.78, 5) is 16.5. The minimum atomic E-state index is -0.282. The number of thiazole rings is 1. The number of nitrogens with one attached hydrogen (secondary N) is 1. The van der Waals surface area contributed by atoms with Gasteiger partial charge in [0.05, 0.1) is 11.4 Å². The molecule has 24 heavy (non-hydrogen) atoms. The molecule has 1 aromatic carbocycles. The number of halogens is 1. The van der Waals surface area contributed by atoms with E-state index in [0.29, 0.717) is 10.9 Å². The van der Waals surface area contributed by atoms with Crippen LogP contribution in [-0.2, 0) is 4.79 Å². The lowest BCUT2D eigenvalue weighted by Crippen LogP contribution is -2.19. The Morgan fingerprint density at radius 3 is 2.67 bits per heavy atom. The van der Waals surface area contributed by atoms with E-state index in [2.05, 4.69) is 15.4 Å². The van der Waals surface area contributed by atoms with Gasteiger partial charge in [0.25, 0.3) is 0 Å². The van der Waals surface area contributed by atoms with Crippen molar-refractivity contribution in [3.8, 4) is 16.4 Å². The Bertz CT molecular complexity index is 867. The molecular weight excluding hydrogens is 327 g/mol. The minimum absolute atomic E-state index is 0.0773. The number of hydrogen-bond acceptors (Lipinski definition) is 4. The first-order valence-electron chi connectivity index (χ1n) is 7.53. The zero-order valence-corrected chi connectivity index (χ0v) is 14.4. The summed E-state index contributed by atoms with van der Waals surface area (Å²) in [6, 6.07) is 7.98. The van der Waals surface area contributed by atoms with E-state index in [1.807, 2.05) is 26.2 Å². The quantitative estimate of drug-likeness (QED) is 0.777. The summed E-state index contributed by atoms with van der Waals surface area (Å²) in [7, 11) is 0. The van der Waals surface area contributed by atoms with E-state index in [1.165, 1.54) is 23.5 Å². The number of aryl methyl sites for hydroxylation is 1. The Morgan fingerprint density at radius 1 is 1.29 bits per heavy atom. The molecule has 2 aromatic heterocycles. The maximum Gasteiger partial charge on any atom is 0.228 e.